The van der Waals surface area contributed by atoms with Crippen LogP contribution in [0.2, 0.25) is 0 Å². The van der Waals surface area contributed by atoms with E-state index in [2.05, 4.69) is 11.2 Å². The normalized spacial score (nSPS) is 19.8. The van der Waals surface area contributed by atoms with Crippen molar-refractivity contribution >= 4 is 5.91 Å². The van der Waals surface area contributed by atoms with Gasteiger partial charge in [0.1, 0.15) is 0 Å². The molecule has 1 rings (SSSR count). The molecule has 0 bridgehead atoms. The number of nitrogens with one attached hydrogen (secondary N) is 1. The highest BCUT2D eigenvalue weighted by molar-refractivity contribution is 5.77. The van der Waals surface area contributed by atoms with Crippen molar-refractivity contribution in [1.29, 1.82) is 0 Å². The molecule has 1 N–H and O–H groups in total. The van der Waals surface area contributed by atoms with E-state index >= 15 is 0 Å². The third-order valence-corrected chi connectivity index (χ3v) is 3.13. The largest absolute Gasteiger partial charge is 0.378 e. The van der Waals surface area contributed by atoms with Crippen LogP contribution in [-0.2, 0) is 9.53 Å². The number of ether oxygens (including phenoxy) is 1. The second kappa shape index (κ2) is 5.18. The van der Waals surface area contributed by atoms with Gasteiger partial charge in [0.2, 0.25) is 5.91 Å². The van der Waals surface area contributed by atoms with Crippen LogP contribution >= 0.6 is 0 Å². The smallest absolute Gasteiger partial charge is 0.223 e. The van der Waals surface area contributed by atoms with Crippen LogP contribution in [0.5, 0.6) is 0 Å². The first-order valence-electron chi connectivity index (χ1n) is 5.46. The fourth-order valence-corrected chi connectivity index (χ4v) is 1.82. The van der Waals surface area contributed by atoms with Gasteiger partial charge in [0.15, 0.2) is 0 Å². The Labute approximate surface area is 91.6 Å². The Morgan fingerprint density at radius 3 is 2.67 bits per heavy atom. The first-order chi connectivity index (χ1) is 7.15. The van der Waals surface area contributed by atoms with Crippen LogP contribution in [0.1, 0.15) is 39.0 Å². The van der Waals surface area contributed by atoms with Gasteiger partial charge in [-0.05, 0) is 25.7 Å². The molecule has 3 nitrogen and oxygen atoms in total. The van der Waals surface area contributed by atoms with E-state index in [4.69, 9.17) is 11.2 Å². The van der Waals surface area contributed by atoms with Gasteiger partial charge in [0.25, 0.3) is 0 Å². The van der Waals surface area contributed by atoms with E-state index in [-0.39, 0.29) is 17.6 Å². The number of terminal acetylenes is 1. The maximum absolute atomic E-state index is 11.7. The number of methoxy groups -OCH3 is 1. The molecule has 84 valence electrons. The van der Waals surface area contributed by atoms with Gasteiger partial charge in [-0.25, -0.2) is 0 Å². The summed E-state index contributed by atoms with van der Waals surface area (Å²) in [5, 5.41) is 2.82. The Hall–Kier alpha value is -1.01. The second-order valence-electron chi connectivity index (χ2n) is 4.11. The number of amides is 1. The molecule has 1 amide bonds. The van der Waals surface area contributed by atoms with Crippen LogP contribution in [0.25, 0.3) is 0 Å². The van der Waals surface area contributed by atoms with Crippen molar-refractivity contribution in [3.63, 3.8) is 0 Å². The monoisotopic (exact) mass is 209 g/mol. The molecule has 1 aliphatic rings. The minimum Gasteiger partial charge on any atom is -0.378 e. The summed E-state index contributed by atoms with van der Waals surface area (Å²) < 4.78 is 5.38. The average molecular weight is 209 g/mol. The molecule has 0 aliphatic heterocycles. The number of hydrogen-bond acceptors (Lipinski definition) is 2. The zero-order valence-corrected chi connectivity index (χ0v) is 9.51. The van der Waals surface area contributed by atoms with Crippen LogP contribution in [0.15, 0.2) is 0 Å². The van der Waals surface area contributed by atoms with Gasteiger partial charge >= 0.3 is 0 Å². The van der Waals surface area contributed by atoms with Crippen LogP contribution in [0, 0.1) is 12.3 Å². The van der Waals surface area contributed by atoms with E-state index in [1.165, 1.54) is 0 Å². The summed E-state index contributed by atoms with van der Waals surface area (Å²) >= 11 is 0. The molecular weight excluding hydrogens is 190 g/mol. The number of carbonyl (C=O) groups excluding carboxylic acids is 1. The molecule has 1 unspecified atom stereocenters. The summed E-state index contributed by atoms with van der Waals surface area (Å²) in [5.74, 6) is 2.55. The molecule has 3 heteroatoms. The molecule has 0 aromatic carbocycles. The molecule has 0 saturated heterocycles. The first-order valence-corrected chi connectivity index (χ1v) is 5.46. The van der Waals surface area contributed by atoms with Gasteiger partial charge in [-0.1, -0.05) is 12.8 Å². The third-order valence-electron chi connectivity index (χ3n) is 3.13. The summed E-state index contributed by atoms with van der Waals surface area (Å²) in [6, 6.07) is -0.147. The van der Waals surface area contributed by atoms with Crippen molar-refractivity contribution < 1.29 is 9.53 Å². The molecule has 0 aromatic heterocycles. The van der Waals surface area contributed by atoms with Crippen LogP contribution in [0.3, 0.4) is 0 Å². The maximum Gasteiger partial charge on any atom is 0.223 e. The van der Waals surface area contributed by atoms with E-state index in [1.807, 2.05) is 6.92 Å². The van der Waals surface area contributed by atoms with Crippen molar-refractivity contribution in [2.24, 2.45) is 0 Å². The summed E-state index contributed by atoms with van der Waals surface area (Å²) in [5.41, 5.74) is -0.211. The molecule has 0 spiro atoms. The molecule has 15 heavy (non-hydrogen) atoms. The molecule has 1 aliphatic carbocycles. The van der Waals surface area contributed by atoms with Crippen molar-refractivity contribution in [2.45, 2.75) is 50.7 Å². The topological polar surface area (TPSA) is 38.3 Å². The third kappa shape index (κ3) is 2.97. The first kappa shape index (κ1) is 12.1. The van der Waals surface area contributed by atoms with Gasteiger partial charge in [0, 0.05) is 7.11 Å². The minimum atomic E-state index is -0.211. The van der Waals surface area contributed by atoms with Crippen molar-refractivity contribution in [3.8, 4) is 12.3 Å². The second-order valence-corrected chi connectivity index (χ2v) is 4.11. The predicted octanol–water partition coefficient (Wildman–Crippen LogP) is 1.47. The highest BCUT2D eigenvalue weighted by atomic mass is 16.5. The van der Waals surface area contributed by atoms with E-state index < -0.39 is 0 Å². The number of hydrogen-bond donors (Lipinski definition) is 1. The lowest BCUT2D eigenvalue weighted by Gasteiger charge is -2.40. The summed E-state index contributed by atoms with van der Waals surface area (Å²) in [6.07, 6.45) is 9.57. The van der Waals surface area contributed by atoms with E-state index in [1.54, 1.807) is 7.11 Å². The lowest BCUT2D eigenvalue weighted by atomic mass is 9.77. The fraction of sp³-hybridized carbons (Fsp3) is 0.750. The lowest BCUT2D eigenvalue weighted by Crippen LogP contribution is -2.45. The predicted molar refractivity (Wildman–Crippen MR) is 59.3 cm³/mol. The zero-order chi connectivity index (χ0) is 11.3. The highest BCUT2D eigenvalue weighted by Gasteiger charge is 2.39. The highest BCUT2D eigenvalue weighted by Crippen LogP contribution is 2.37. The van der Waals surface area contributed by atoms with Gasteiger partial charge in [-0.15, -0.1) is 6.42 Å². The molecule has 0 radical (unpaired) electrons. The molecule has 1 fully saturated rings. The minimum absolute atomic E-state index is 0.00125. The number of rotatable bonds is 5. The Bertz CT molecular complexity index is 258. The maximum atomic E-state index is 11.7. The Balaban J connectivity index is 2.38. The summed E-state index contributed by atoms with van der Waals surface area (Å²) in [4.78, 5) is 11.7. The molecule has 1 saturated carbocycles. The van der Waals surface area contributed by atoms with Crippen molar-refractivity contribution in [1.82, 2.24) is 5.32 Å². The summed E-state index contributed by atoms with van der Waals surface area (Å²) in [6.45, 7) is 1.96. The van der Waals surface area contributed by atoms with Gasteiger partial charge in [-0.3, -0.25) is 4.79 Å². The number of carbonyl (C=O) groups is 1. The van der Waals surface area contributed by atoms with E-state index in [9.17, 15) is 4.79 Å². The van der Waals surface area contributed by atoms with Crippen molar-refractivity contribution in [2.75, 3.05) is 7.11 Å². The van der Waals surface area contributed by atoms with Gasteiger partial charge in [0.05, 0.1) is 18.1 Å². The zero-order valence-electron chi connectivity index (χ0n) is 9.51. The SMILES string of the molecule is C#CC(CC)NC(=O)CC1(OC)CCC1. The Kier molecular flexibility index (Phi) is 4.16. The molecular formula is C12H19NO2. The molecule has 0 heterocycles. The van der Waals surface area contributed by atoms with Gasteiger partial charge < -0.3 is 10.1 Å². The molecule has 1 atom stereocenters. The standard InChI is InChI=1S/C12H19NO2/c1-4-10(5-2)13-11(14)9-12(15-3)7-6-8-12/h1,10H,5-9H2,2-3H3,(H,13,14). The Morgan fingerprint density at radius 1 is 1.67 bits per heavy atom. The summed E-state index contributed by atoms with van der Waals surface area (Å²) in [7, 11) is 1.67. The lowest BCUT2D eigenvalue weighted by molar-refractivity contribution is -0.134. The van der Waals surface area contributed by atoms with E-state index in [0.29, 0.717) is 6.42 Å². The average Bonchev–Trinajstić information content (AvgIpc) is 2.20. The van der Waals surface area contributed by atoms with Crippen LogP contribution < -0.4 is 5.32 Å². The van der Waals surface area contributed by atoms with E-state index in [0.717, 1.165) is 25.7 Å². The quantitative estimate of drug-likeness (QED) is 0.696. The van der Waals surface area contributed by atoms with Gasteiger partial charge in [-0.2, -0.15) is 0 Å². The van der Waals surface area contributed by atoms with Crippen LogP contribution in [-0.4, -0.2) is 24.7 Å². The van der Waals surface area contributed by atoms with Crippen LogP contribution in [0.4, 0.5) is 0 Å². The van der Waals surface area contributed by atoms with Crippen molar-refractivity contribution in [3.05, 3.63) is 0 Å². The Morgan fingerprint density at radius 2 is 2.33 bits per heavy atom. The molecule has 0 aromatic rings. The fourth-order valence-electron chi connectivity index (χ4n) is 1.82.